The number of hydrogen-bond donors (Lipinski definition) is 0. The van der Waals surface area contributed by atoms with E-state index in [1.807, 2.05) is 0 Å². The topological polar surface area (TPSA) is 32.8 Å². The van der Waals surface area contributed by atoms with Crippen molar-refractivity contribution in [3.05, 3.63) is 35.4 Å². The molecule has 0 aromatic heterocycles. The molecule has 4 heteroatoms. The van der Waals surface area contributed by atoms with E-state index >= 15 is 0 Å². The zero-order valence-corrected chi connectivity index (χ0v) is 17.7. The van der Waals surface area contributed by atoms with Gasteiger partial charge < -0.3 is 9.64 Å². The molecule has 0 radical (unpaired) electrons. The van der Waals surface area contributed by atoms with Crippen molar-refractivity contribution in [2.24, 2.45) is 11.8 Å². The molecule has 2 aliphatic carbocycles. The Bertz CT molecular complexity index is 678. The molecule has 2 saturated heterocycles. The SMILES string of the molecule is O=C(C1CCC1)N(CC1CCN(C2Cc3ccccc3C2)CC1)C[C@@H]1CCCO1. The molecule has 1 aromatic carbocycles. The minimum atomic E-state index is 0.274. The highest BCUT2D eigenvalue weighted by molar-refractivity contribution is 5.79. The van der Waals surface area contributed by atoms with Gasteiger partial charge in [-0.05, 0) is 81.5 Å². The maximum atomic E-state index is 13.0. The quantitative estimate of drug-likeness (QED) is 0.735. The lowest BCUT2D eigenvalue weighted by Crippen LogP contribution is -2.48. The van der Waals surface area contributed by atoms with E-state index in [0.717, 1.165) is 45.4 Å². The molecule has 1 atom stereocenters. The summed E-state index contributed by atoms with van der Waals surface area (Å²) in [5.41, 5.74) is 3.10. The lowest BCUT2D eigenvalue weighted by molar-refractivity contribution is -0.140. The highest BCUT2D eigenvalue weighted by atomic mass is 16.5. The van der Waals surface area contributed by atoms with E-state index in [1.54, 1.807) is 11.1 Å². The van der Waals surface area contributed by atoms with Crippen LogP contribution in [0.4, 0.5) is 0 Å². The molecule has 0 unspecified atom stereocenters. The molecule has 0 spiro atoms. The number of hydrogen-bond acceptors (Lipinski definition) is 3. The Hall–Kier alpha value is -1.39. The van der Waals surface area contributed by atoms with E-state index in [1.165, 1.54) is 45.2 Å². The second kappa shape index (κ2) is 8.77. The number of carbonyl (C=O) groups is 1. The molecule has 4 aliphatic rings. The first-order valence-corrected chi connectivity index (χ1v) is 12.0. The van der Waals surface area contributed by atoms with Crippen molar-refractivity contribution in [3.63, 3.8) is 0 Å². The van der Waals surface area contributed by atoms with Gasteiger partial charge in [0.25, 0.3) is 0 Å². The fourth-order valence-corrected chi connectivity index (χ4v) is 5.81. The maximum Gasteiger partial charge on any atom is 0.225 e. The van der Waals surface area contributed by atoms with Gasteiger partial charge in [-0.25, -0.2) is 0 Å². The van der Waals surface area contributed by atoms with Crippen LogP contribution >= 0.6 is 0 Å². The number of carbonyl (C=O) groups excluding carboxylic acids is 1. The molecule has 5 rings (SSSR count). The highest BCUT2D eigenvalue weighted by Gasteiger charge is 2.34. The predicted molar refractivity (Wildman–Crippen MR) is 115 cm³/mol. The fourth-order valence-electron chi connectivity index (χ4n) is 5.81. The lowest BCUT2D eigenvalue weighted by Gasteiger charge is -2.39. The summed E-state index contributed by atoms with van der Waals surface area (Å²) in [7, 11) is 0. The highest BCUT2D eigenvalue weighted by Crippen LogP contribution is 2.32. The Morgan fingerprint density at radius 2 is 1.69 bits per heavy atom. The average Bonchev–Trinajstić information content (AvgIpc) is 3.36. The number of nitrogens with zero attached hydrogens (tertiary/aromatic N) is 2. The number of fused-ring (bicyclic) bond motifs is 1. The van der Waals surface area contributed by atoms with Crippen LogP contribution < -0.4 is 0 Å². The number of ether oxygens (including phenoxy) is 1. The van der Waals surface area contributed by atoms with Gasteiger partial charge in [0, 0.05) is 31.7 Å². The summed E-state index contributed by atoms with van der Waals surface area (Å²) in [6.45, 7) is 5.03. The standard InChI is InChI=1S/C25H36N2O2/c28-25(20-7-3-8-20)27(18-24-9-4-14-29-24)17-19-10-12-26(13-11-19)23-15-21-5-1-2-6-22(21)16-23/h1-2,5-6,19-20,23-24H,3-4,7-18H2/t24-/m0/s1. The zero-order valence-electron chi connectivity index (χ0n) is 17.7. The third-order valence-corrected chi connectivity index (χ3v) is 7.89. The van der Waals surface area contributed by atoms with E-state index in [9.17, 15) is 4.79 Å². The molecule has 1 amide bonds. The molecule has 4 nitrogen and oxygen atoms in total. The maximum absolute atomic E-state index is 13.0. The van der Waals surface area contributed by atoms with Gasteiger partial charge in [0.2, 0.25) is 5.91 Å². The van der Waals surface area contributed by atoms with Crippen LogP contribution in [0, 0.1) is 11.8 Å². The van der Waals surface area contributed by atoms with E-state index in [2.05, 4.69) is 34.1 Å². The minimum Gasteiger partial charge on any atom is -0.376 e. The second-order valence-electron chi connectivity index (χ2n) is 9.82. The summed E-state index contributed by atoms with van der Waals surface area (Å²) in [5, 5.41) is 0. The van der Waals surface area contributed by atoms with Gasteiger partial charge in [-0.3, -0.25) is 9.69 Å². The molecule has 0 bridgehead atoms. The van der Waals surface area contributed by atoms with E-state index < -0.39 is 0 Å². The number of benzene rings is 1. The van der Waals surface area contributed by atoms with Crippen molar-refractivity contribution >= 4 is 5.91 Å². The minimum absolute atomic E-state index is 0.274. The lowest BCUT2D eigenvalue weighted by atomic mass is 9.84. The van der Waals surface area contributed by atoms with Crippen LogP contribution in [-0.2, 0) is 22.4 Å². The second-order valence-corrected chi connectivity index (χ2v) is 9.82. The molecule has 2 aliphatic heterocycles. The van der Waals surface area contributed by atoms with Gasteiger partial charge in [0.15, 0.2) is 0 Å². The number of likely N-dealkylation sites (tertiary alicyclic amines) is 1. The summed E-state index contributed by atoms with van der Waals surface area (Å²) >= 11 is 0. The van der Waals surface area contributed by atoms with E-state index in [0.29, 0.717) is 23.8 Å². The van der Waals surface area contributed by atoms with Crippen LogP contribution in [0.15, 0.2) is 24.3 Å². The van der Waals surface area contributed by atoms with Gasteiger partial charge in [0.05, 0.1) is 6.10 Å². The summed E-state index contributed by atoms with van der Waals surface area (Å²) < 4.78 is 5.87. The van der Waals surface area contributed by atoms with Crippen LogP contribution in [0.1, 0.15) is 56.1 Å². The van der Waals surface area contributed by atoms with Crippen molar-refractivity contribution < 1.29 is 9.53 Å². The number of piperidine rings is 1. The number of amides is 1. The Morgan fingerprint density at radius 1 is 0.966 bits per heavy atom. The monoisotopic (exact) mass is 396 g/mol. The molecule has 0 N–H and O–H groups in total. The summed E-state index contributed by atoms with van der Waals surface area (Å²) in [6, 6.07) is 9.64. The first-order chi connectivity index (χ1) is 14.3. The van der Waals surface area contributed by atoms with Crippen LogP contribution in [0.25, 0.3) is 0 Å². The molecule has 29 heavy (non-hydrogen) atoms. The predicted octanol–water partition coefficient (Wildman–Crippen LogP) is 3.67. The first kappa shape index (κ1) is 19.6. The Labute approximate surface area is 175 Å². The smallest absolute Gasteiger partial charge is 0.225 e. The largest absolute Gasteiger partial charge is 0.376 e. The summed E-state index contributed by atoms with van der Waals surface area (Å²) in [4.78, 5) is 18.0. The van der Waals surface area contributed by atoms with Crippen LogP contribution in [0.3, 0.4) is 0 Å². The van der Waals surface area contributed by atoms with Crippen LogP contribution in [0.5, 0.6) is 0 Å². The van der Waals surface area contributed by atoms with Crippen molar-refractivity contribution in [2.45, 2.75) is 69.9 Å². The van der Waals surface area contributed by atoms with Crippen LogP contribution in [-0.4, -0.2) is 60.6 Å². The van der Waals surface area contributed by atoms with Crippen molar-refractivity contribution in [1.29, 1.82) is 0 Å². The molecule has 3 fully saturated rings. The third kappa shape index (κ3) is 4.39. The zero-order chi connectivity index (χ0) is 19.6. The average molecular weight is 397 g/mol. The van der Waals surface area contributed by atoms with Gasteiger partial charge in [-0.1, -0.05) is 30.7 Å². The van der Waals surface area contributed by atoms with Gasteiger partial charge in [-0.2, -0.15) is 0 Å². The summed E-state index contributed by atoms with van der Waals surface area (Å²) in [6.07, 6.45) is 10.9. The molecular weight excluding hydrogens is 360 g/mol. The van der Waals surface area contributed by atoms with Gasteiger partial charge in [-0.15, -0.1) is 0 Å². The van der Waals surface area contributed by atoms with Gasteiger partial charge >= 0.3 is 0 Å². The van der Waals surface area contributed by atoms with E-state index in [-0.39, 0.29) is 6.10 Å². The Balaban J connectivity index is 1.14. The van der Waals surface area contributed by atoms with Crippen LogP contribution in [0.2, 0.25) is 0 Å². The molecular formula is C25H36N2O2. The normalized spacial score (nSPS) is 26.4. The molecule has 1 saturated carbocycles. The van der Waals surface area contributed by atoms with Crippen molar-refractivity contribution in [2.75, 3.05) is 32.8 Å². The van der Waals surface area contributed by atoms with Crippen molar-refractivity contribution in [1.82, 2.24) is 9.80 Å². The van der Waals surface area contributed by atoms with E-state index in [4.69, 9.17) is 4.74 Å². The molecule has 1 aromatic rings. The number of rotatable bonds is 6. The first-order valence-electron chi connectivity index (χ1n) is 12.0. The Morgan fingerprint density at radius 3 is 2.28 bits per heavy atom. The third-order valence-electron chi connectivity index (χ3n) is 7.89. The summed E-state index contributed by atoms with van der Waals surface area (Å²) in [5.74, 6) is 1.37. The Kier molecular flexibility index (Phi) is 5.92. The van der Waals surface area contributed by atoms with Gasteiger partial charge in [0.1, 0.15) is 0 Å². The fraction of sp³-hybridized carbons (Fsp3) is 0.720. The molecule has 2 heterocycles. The molecule has 158 valence electrons. The van der Waals surface area contributed by atoms with Crippen molar-refractivity contribution in [3.8, 4) is 0 Å².